The van der Waals surface area contributed by atoms with Crippen LogP contribution in [0.1, 0.15) is 5.56 Å². The van der Waals surface area contributed by atoms with Crippen LogP contribution in [-0.2, 0) is 6.61 Å². The van der Waals surface area contributed by atoms with Crippen LogP contribution in [-0.4, -0.2) is 17.2 Å². The molecule has 1 aromatic heterocycles. The lowest BCUT2D eigenvalue weighted by atomic mass is 10.0. The molecule has 0 bridgehead atoms. The van der Waals surface area contributed by atoms with Gasteiger partial charge in [0.25, 0.3) is 0 Å². The summed E-state index contributed by atoms with van der Waals surface area (Å²) in [5, 5.41) is 9.25. The Bertz CT molecular complexity index is 483. The second-order valence-corrected chi connectivity index (χ2v) is 3.42. The van der Waals surface area contributed by atoms with Crippen molar-refractivity contribution in [2.45, 2.75) is 6.61 Å². The topological polar surface area (TPSA) is 42.4 Å². The minimum absolute atomic E-state index is 0.00899. The standard InChI is InChI=1S/C13H13NO2/c1-16-12-4-2-3-10(7-12)13-8-14-6-5-11(13)9-15/h2-8,15H,9H2,1H3. The van der Waals surface area contributed by atoms with E-state index in [1.54, 1.807) is 19.5 Å². The van der Waals surface area contributed by atoms with E-state index < -0.39 is 0 Å². The number of ether oxygens (including phenoxy) is 1. The number of aromatic nitrogens is 1. The second-order valence-electron chi connectivity index (χ2n) is 3.42. The lowest BCUT2D eigenvalue weighted by molar-refractivity contribution is 0.282. The molecule has 0 radical (unpaired) electrons. The first kappa shape index (κ1) is 10.6. The van der Waals surface area contributed by atoms with Crippen molar-refractivity contribution >= 4 is 0 Å². The van der Waals surface area contributed by atoms with Crippen molar-refractivity contribution in [3.8, 4) is 16.9 Å². The molecule has 1 heterocycles. The van der Waals surface area contributed by atoms with Gasteiger partial charge in [0.05, 0.1) is 13.7 Å². The van der Waals surface area contributed by atoms with Crippen molar-refractivity contribution in [3.05, 3.63) is 48.3 Å². The van der Waals surface area contributed by atoms with Crippen LogP contribution in [0.2, 0.25) is 0 Å². The number of nitrogens with zero attached hydrogens (tertiary/aromatic N) is 1. The van der Waals surface area contributed by atoms with Gasteiger partial charge in [0.15, 0.2) is 0 Å². The first-order valence-electron chi connectivity index (χ1n) is 5.03. The highest BCUT2D eigenvalue weighted by atomic mass is 16.5. The lowest BCUT2D eigenvalue weighted by Gasteiger charge is -2.08. The van der Waals surface area contributed by atoms with Crippen molar-refractivity contribution < 1.29 is 9.84 Å². The van der Waals surface area contributed by atoms with E-state index in [-0.39, 0.29) is 6.61 Å². The monoisotopic (exact) mass is 215 g/mol. The van der Waals surface area contributed by atoms with E-state index in [1.165, 1.54) is 0 Å². The minimum atomic E-state index is 0.00899. The van der Waals surface area contributed by atoms with Crippen molar-refractivity contribution in [1.29, 1.82) is 0 Å². The highest BCUT2D eigenvalue weighted by Crippen LogP contribution is 2.26. The molecule has 0 saturated heterocycles. The molecule has 3 heteroatoms. The van der Waals surface area contributed by atoms with Gasteiger partial charge in [0.1, 0.15) is 5.75 Å². The SMILES string of the molecule is COc1cccc(-c2cnccc2CO)c1. The summed E-state index contributed by atoms with van der Waals surface area (Å²) in [6.45, 7) is 0.00899. The van der Waals surface area contributed by atoms with Crippen LogP contribution in [0.15, 0.2) is 42.7 Å². The van der Waals surface area contributed by atoms with E-state index in [9.17, 15) is 5.11 Å². The van der Waals surface area contributed by atoms with Gasteiger partial charge in [-0.05, 0) is 29.3 Å². The fourth-order valence-corrected chi connectivity index (χ4v) is 1.61. The number of benzene rings is 1. The third kappa shape index (κ3) is 2.04. The summed E-state index contributed by atoms with van der Waals surface area (Å²) in [5.41, 5.74) is 2.80. The summed E-state index contributed by atoms with van der Waals surface area (Å²) in [4.78, 5) is 4.07. The maximum atomic E-state index is 9.25. The summed E-state index contributed by atoms with van der Waals surface area (Å²) >= 11 is 0. The molecule has 0 amide bonds. The van der Waals surface area contributed by atoms with Crippen molar-refractivity contribution in [1.82, 2.24) is 4.98 Å². The molecule has 0 aliphatic heterocycles. The Balaban J connectivity index is 2.49. The van der Waals surface area contributed by atoms with E-state index in [4.69, 9.17) is 4.74 Å². The van der Waals surface area contributed by atoms with E-state index >= 15 is 0 Å². The fourth-order valence-electron chi connectivity index (χ4n) is 1.61. The minimum Gasteiger partial charge on any atom is -0.497 e. The van der Waals surface area contributed by atoms with Crippen LogP contribution in [0, 0.1) is 0 Å². The Morgan fingerprint density at radius 1 is 1.31 bits per heavy atom. The highest BCUT2D eigenvalue weighted by molar-refractivity contribution is 5.67. The first-order valence-corrected chi connectivity index (χ1v) is 5.03. The Hall–Kier alpha value is -1.87. The lowest BCUT2D eigenvalue weighted by Crippen LogP contribution is -1.91. The summed E-state index contributed by atoms with van der Waals surface area (Å²) in [6.07, 6.45) is 3.43. The molecule has 0 unspecified atom stereocenters. The molecule has 0 spiro atoms. The molecular weight excluding hydrogens is 202 g/mol. The molecule has 0 aliphatic rings. The maximum absolute atomic E-state index is 9.25. The van der Waals surface area contributed by atoms with Gasteiger partial charge < -0.3 is 9.84 Å². The van der Waals surface area contributed by atoms with Crippen LogP contribution in [0.25, 0.3) is 11.1 Å². The molecule has 0 atom stereocenters. The van der Waals surface area contributed by atoms with Gasteiger partial charge in [0.2, 0.25) is 0 Å². The molecule has 2 aromatic rings. The van der Waals surface area contributed by atoms with E-state index in [0.717, 1.165) is 22.4 Å². The Labute approximate surface area is 94.3 Å². The summed E-state index contributed by atoms with van der Waals surface area (Å²) in [5.74, 6) is 0.797. The number of aliphatic hydroxyl groups is 1. The van der Waals surface area contributed by atoms with Crippen molar-refractivity contribution in [2.75, 3.05) is 7.11 Å². The van der Waals surface area contributed by atoms with E-state index in [1.807, 2.05) is 30.3 Å². The largest absolute Gasteiger partial charge is 0.497 e. The van der Waals surface area contributed by atoms with Crippen LogP contribution >= 0.6 is 0 Å². The first-order chi connectivity index (χ1) is 7.85. The molecule has 0 aliphatic carbocycles. The summed E-state index contributed by atoms with van der Waals surface area (Å²) in [6, 6.07) is 9.52. The number of methoxy groups -OCH3 is 1. The van der Waals surface area contributed by atoms with Crippen LogP contribution < -0.4 is 4.74 Å². The molecular formula is C13H13NO2. The van der Waals surface area contributed by atoms with Gasteiger partial charge in [-0.2, -0.15) is 0 Å². The number of rotatable bonds is 3. The van der Waals surface area contributed by atoms with Gasteiger partial charge in [-0.1, -0.05) is 12.1 Å². The van der Waals surface area contributed by atoms with Crippen LogP contribution in [0.4, 0.5) is 0 Å². The quantitative estimate of drug-likeness (QED) is 0.853. The predicted octanol–water partition coefficient (Wildman–Crippen LogP) is 2.25. The predicted molar refractivity (Wildman–Crippen MR) is 62.1 cm³/mol. The van der Waals surface area contributed by atoms with Crippen LogP contribution in [0.5, 0.6) is 5.75 Å². The van der Waals surface area contributed by atoms with E-state index in [0.29, 0.717) is 0 Å². The normalized spacial score (nSPS) is 10.1. The third-order valence-corrected chi connectivity index (χ3v) is 2.46. The Morgan fingerprint density at radius 3 is 2.94 bits per heavy atom. The number of aliphatic hydroxyl groups excluding tert-OH is 1. The summed E-state index contributed by atoms with van der Waals surface area (Å²) < 4.78 is 5.17. The molecule has 82 valence electrons. The molecule has 1 aromatic carbocycles. The smallest absolute Gasteiger partial charge is 0.119 e. The second kappa shape index (κ2) is 4.77. The fraction of sp³-hybridized carbons (Fsp3) is 0.154. The zero-order chi connectivity index (χ0) is 11.4. The van der Waals surface area contributed by atoms with E-state index in [2.05, 4.69) is 4.98 Å². The van der Waals surface area contributed by atoms with Gasteiger partial charge in [-0.25, -0.2) is 0 Å². The number of hydrogen-bond acceptors (Lipinski definition) is 3. The van der Waals surface area contributed by atoms with Crippen molar-refractivity contribution in [2.24, 2.45) is 0 Å². The van der Waals surface area contributed by atoms with Gasteiger partial charge in [-0.3, -0.25) is 4.98 Å². The Kier molecular flexibility index (Phi) is 3.17. The van der Waals surface area contributed by atoms with Gasteiger partial charge in [-0.15, -0.1) is 0 Å². The molecule has 3 nitrogen and oxygen atoms in total. The zero-order valence-corrected chi connectivity index (χ0v) is 9.05. The molecule has 0 saturated carbocycles. The van der Waals surface area contributed by atoms with Gasteiger partial charge >= 0.3 is 0 Å². The highest BCUT2D eigenvalue weighted by Gasteiger charge is 2.04. The summed E-state index contributed by atoms with van der Waals surface area (Å²) in [7, 11) is 1.63. The number of hydrogen-bond donors (Lipinski definition) is 1. The third-order valence-electron chi connectivity index (χ3n) is 2.46. The average molecular weight is 215 g/mol. The van der Waals surface area contributed by atoms with Gasteiger partial charge in [0, 0.05) is 18.0 Å². The number of pyridine rings is 1. The Morgan fingerprint density at radius 2 is 2.19 bits per heavy atom. The maximum Gasteiger partial charge on any atom is 0.119 e. The zero-order valence-electron chi connectivity index (χ0n) is 9.05. The van der Waals surface area contributed by atoms with Crippen LogP contribution in [0.3, 0.4) is 0 Å². The average Bonchev–Trinajstić information content (AvgIpc) is 2.38. The molecule has 2 rings (SSSR count). The molecule has 1 N–H and O–H groups in total. The van der Waals surface area contributed by atoms with Crippen molar-refractivity contribution in [3.63, 3.8) is 0 Å². The molecule has 16 heavy (non-hydrogen) atoms. The molecule has 0 fully saturated rings.